The quantitative estimate of drug-likeness (QED) is 0.475. The number of nitrogens with zero attached hydrogens (tertiary/aromatic N) is 2. The third kappa shape index (κ3) is 4.43. The third-order valence-electron chi connectivity index (χ3n) is 3.49. The summed E-state index contributed by atoms with van der Waals surface area (Å²) in [6.45, 7) is 0.446. The van der Waals surface area contributed by atoms with Crippen molar-refractivity contribution in [1.29, 1.82) is 5.53 Å². The van der Waals surface area contributed by atoms with Crippen LogP contribution in [0.3, 0.4) is 0 Å². The van der Waals surface area contributed by atoms with Gasteiger partial charge in [0.25, 0.3) is 0 Å². The molecule has 0 bridgehead atoms. The van der Waals surface area contributed by atoms with Crippen molar-refractivity contribution in [2.45, 2.75) is 12.6 Å². The Morgan fingerprint density at radius 1 is 1.12 bits per heavy atom. The van der Waals surface area contributed by atoms with E-state index in [-0.39, 0.29) is 0 Å². The van der Waals surface area contributed by atoms with Gasteiger partial charge in [0.1, 0.15) is 17.5 Å². The summed E-state index contributed by atoms with van der Waals surface area (Å²) in [5.74, 6) is 3.99. The van der Waals surface area contributed by atoms with Crippen LogP contribution in [0.5, 0.6) is 11.5 Å². The minimum atomic E-state index is -0.427. The second-order valence-electron chi connectivity index (χ2n) is 5.05. The Balaban J connectivity index is 2.11. The lowest BCUT2D eigenvalue weighted by molar-refractivity contribution is 0.393. The van der Waals surface area contributed by atoms with Gasteiger partial charge >= 0.3 is 0 Å². The van der Waals surface area contributed by atoms with Crippen molar-refractivity contribution >= 4 is 6.21 Å². The molecule has 1 atom stereocenters. The third-order valence-corrected chi connectivity index (χ3v) is 3.49. The molecular weight excluding hydrogens is 302 g/mol. The van der Waals surface area contributed by atoms with Crippen LogP contribution < -0.4 is 9.47 Å². The second-order valence-corrected chi connectivity index (χ2v) is 5.05. The van der Waals surface area contributed by atoms with Crippen molar-refractivity contribution in [1.82, 2.24) is 0 Å². The molecule has 1 N–H and O–H groups in total. The molecule has 5 nitrogen and oxygen atoms in total. The van der Waals surface area contributed by atoms with Gasteiger partial charge in [-0.1, -0.05) is 18.1 Å². The first-order valence-electron chi connectivity index (χ1n) is 7.35. The zero-order valence-electron chi connectivity index (χ0n) is 13.7. The van der Waals surface area contributed by atoms with Crippen LogP contribution in [-0.4, -0.2) is 20.4 Å². The molecule has 0 amide bonds. The van der Waals surface area contributed by atoms with Gasteiger partial charge in [-0.3, -0.25) is 4.99 Å². The highest BCUT2D eigenvalue weighted by Crippen LogP contribution is 2.23. The van der Waals surface area contributed by atoms with Gasteiger partial charge in [0.15, 0.2) is 0 Å². The molecule has 122 valence electrons. The minimum Gasteiger partial charge on any atom is -0.497 e. The molecule has 0 spiro atoms. The SMILES string of the molecule is C#Cc1ccc(C(C=NCc2cc(OC)cc(OC)c2)N=N)cc1. The van der Waals surface area contributed by atoms with E-state index in [0.717, 1.165) is 16.7 Å². The van der Waals surface area contributed by atoms with Crippen molar-refractivity contribution in [3.05, 3.63) is 59.2 Å². The topological polar surface area (TPSA) is 67.0 Å². The number of aliphatic imine (C=N–C) groups is 1. The zero-order valence-corrected chi connectivity index (χ0v) is 13.7. The molecule has 0 aliphatic carbocycles. The maximum absolute atomic E-state index is 7.36. The van der Waals surface area contributed by atoms with Crippen LogP contribution in [0.1, 0.15) is 22.7 Å². The highest BCUT2D eigenvalue weighted by Gasteiger charge is 2.07. The van der Waals surface area contributed by atoms with Crippen molar-refractivity contribution in [2.24, 2.45) is 10.1 Å². The van der Waals surface area contributed by atoms with Crippen molar-refractivity contribution in [3.8, 4) is 23.8 Å². The molecule has 1 unspecified atom stereocenters. The lowest BCUT2D eigenvalue weighted by Crippen LogP contribution is -1.97. The number of ether oxygens (including phenoxy) is 2. The van der Waals surface area contributed by atoms with Gasteiger partial charge in [0, 0.05) is 17.8 Å². The summed E-state index contributed by atoms with van der Waals surface area (Å²) in [4.78, 5) is 4.39. The van der Waals surface area contributed by atoms with E-state index in [4.69, 9.17) is 21.4 Å². The second kappa shape index (κ2) is 8.49. The number of benzene rings is 2. The van der Waals surface area contributed by atoms with E-state index < -0.39 is 6.04 Å². The fourth-order valence-corrected chi connectivity index (χ4v) is 2.19. The van der Waals surface area contributed by atoms with Gasteiger partial charge in [0.05, 0.1) is 20.8 Å². The molecule has 0 radical (unpaired) electrons. The van der Waals surface area contributed by atoms with Gasteiger partial charge < -0.3 is 9.47 Å². The first-order valence-corrected chi connectivity index (χ1v) is 7.35. The predicted octanol–water partition coefficient (Wildman–Crippen LogP) is 4.03. The number of terminal acetylenes is 1. The minimum absolute atomic E-state index is 0.427. The monoisotopic (exact) mass is 321 g/mol. The van der Waals surface area contributed by atoms with Crippen LogP contribution in [0.4, 0.5) is 0 Å². The van der Waals surface area contributed by atoms with E-state index >= 15 is 0 Å². The number of hydrogen-bond donors (Lipinski definition) is 1. The van der Waals surface area contributed by atoms with E-state index in [1.54, 1.807) is 20.4 Å². The summed E-state index contributed by atoms with van der Waals surface area (Å²) in [7, 11) is 3.22. The Morgan fingerprint density at radius 3 is 2.25 bits per heavy atom. The van der Waals surface area contributed by atoms with E-state index in [9.17, 15) is 0 Å². The maximum atomic E-state index is 7.36. The molecule has 2 aromatic carbocycles. The van der Waals surface area contributed by atoms with E-state index in [0.29, 0.717) is 18.0 Å². The molecule has 0 saturated carbocycles. The highest BCUT2D eigenvalue weighted by molar-refractivity contribution is 5.67. The van der Waals surface area contributed by atoms with Gasteiger partial charge in [-0.25, -0.2) is 5.53 Å². The Bertz CT molecular complexity index is 739. The number of nitrogens with one attached hydrogen (secondary N) is 1. The van der Waals surface area contributed by atoms with E-state index in [2.05, 4.69) is 16.0 Å². The molecule has 2 rings (SSSR count). The largest absolute Gasteiger partial charge is 0.497 e. The average molecular weight is 321 g/mol. The highest BCUT2D eigenvalue weighted by atomic mass is 16.5. The van der Waals surface area contributed by atoms with Crippen molar-refractivity contribution in [3.63, 3.8) is 0 Å². The van der Waals surface area contributed by atoms with Crippen molar-refractivity contribution in [2.75, 3.05) is 14.2 Å². The molecule has 0 aliphatic rings. The lowest BCUT2D eigenvalue weighted by atomic mass is 10.1. The van der Waals surface area contributed by atoms with Gasteiger partial charge in [0.2, 0.25) is 0 Å². The number of methoxy groups -OCH3 is 2. The molecule has 0 aromatic heterocycles. The molecule has 2 aromatic rings. The standard InChI is InChI=1S/C19H19N3O2/c1-4-14-5-7-16(8-6-14)19(22-20)13-21-12-15-9-17(23-2)11-18(10-15)24-3/h1,5-11,13,19-20H,12H2,2-3H3. The Kier molecular flexibility index (Phi) is 6.09. The van der Waals surface area contributed by atoms with Crippen LogP contribution in [0.25, 0.3) is 0 Å². The first kappa shape index (κ1) is 17.2. The van der Waals surface area contributed by atoms with Crippen molar-refractivity contribution < 1.29 is 9.47 Å². The van der Waals surface area contributed by atoms with Gasteiger partial charge in [-0.15, -0.1) is 6.42 Å². The molecule has 0 saturated heterocycles. The van der Waals surface area contributed by atoms with Crippen LogP contribution >= 0.6 is 0 Å². The molecule has 5 heteroatoms. The lowest BCUT2D eigenvalue weighted by Gasteiger charge is -2.08. The average Bonchev–Trinajstić information content (AvgIpc) is 2.65. The van der Waals surface area contributed by atoms with Crippen LogP contribution in [0.15, 0.2) is 52.6 Å². The Labute approximate surface area is 141 Å². The molecule has 0 aliphatic heterocycles. The number of hydrogen-bond acceptors (Lipinski definition) is 5. The van der Waals surface area contributed by atoms with E-state index in [1.807, 2.05) is 42.5 Å². The van der Waals surface area contributed by atoms with Crippen LogP contribution in [0.2, 0.25) is 0 Å². The Morgan fingerprint density at radius 2 is 1.75 bits per heavy atom. The number of rotatable bonds is 7. The summed E-state index contributed by atoms with van der Waals surface area (Å²) in [6, 6.07) is 12.6. The summed E-state index contributed by atoms with van der Waals surface area (Å²) >= 11 is 0. The first-order chi connectivity index (χ1) is 11.7. The van der Waals surface area contributed by atoms with Gasteiger partial charge in [-0.2, -0.15) is 5.11 Å². The molecule has 0 heterocycles. The van der Waals surface area contributed by atoms with Crippen LogP contribution in [0, 0.1) is 17.9 Å². The zero-order chi connectivity index (χ0) is 17.4. The smallest absolute Gasteiger partial charge is 0.130 e. The van der Waals surface area contributed by atoms with E-state index in [1.165, 1.54) is 0 Å². The predicted molar refractivity (Wildman–Crippen MR) is 94.0 cm³/mol. The maximum Gasteiger partial charge on any atom is 0.130 e. The fourth-order valence-electron chi connectivity index (χ4n) is 2.19. The fraction of sp³-hybridized carbons (Fsp3) is 0.211. The molecule has 24 heavy (non-hydrogen) atoms. The molecule has 0 fully saturated rings. The summed E-state index contributed by atoms with van der Waals surface area (Å²) in [5.41, 5.74) is 9.98. The Hall–Kier alpha value is -3.13. The summed E-state index contributed by atoms with van der Waals surface area (Å²) in [5, 5.41) is 3.61. The molecular formula is C19H19N3O2. The summed E-state index contributed by atoms with van der Waals surface area (Å²) < 4.78 is 10.5. The normalized spacial score (nSPS) is 11.7. The summed E-state index contributed by atoms with van der Waals surface area (Å²) in [6.07, 6.45) is 7.00. The van der Waals surface area contributed by atoms with Gasteiger partial charge in [-0.05, 0) is 35.4 Å². The van der Waals surface area contributed by atoms with Crippen LogP contribution in [-0.2, 0) is 6.54 Å².